The second-order valence-electron chi connectivity index (χ2n) is 4.64. The van der Waals surface area contributed by atoms with E-state index in [1.165, 1.54) is 0 Å². The first-order valence-electron chi connectivity index (χ1n) is 5.25. The molecular weight excluding hydrogens is 180 g/mol. The van der Waals surface area contributed by atoms with Crippen molar-refractivity contribution in [2.75, 3.05) is 0 Å². The van der Waals surface area contributed by atoms with Crippen LogP contribution in [0.25, 0.3) is 0 Å². The Morgan fingerprint density at radius 3 is 2.50 bits per heavy atom. The molecule has 2 fully saturated rings. The number of Topliss-reactive ketones (excluding diaryl/α,β-unsaturated/α-hetero) is 1. The van der Waals surface area contributed by atoms with Gasteiger partial charge >= 0.3 is 5.97 Å². The minimum absolute atomic E-state index is 0.0157. The molecule has 0 N–H and O–H groups in total. The fraction of sp³-hybridized carbons (Fsp3) is 0.818. The van der Waals surface area contributed by atoms with Crippen molar-refractivity contribution in [3.63, 3.8) is 0 Å². The zero-order chi connectivity index (χ0) is 10.5. The van der Waals surface area contributed by atoms with Gasteiger partial charge < -0.3 is 4.74 Å². The van der Waals surface area contributed by atoms with Gasteiger partial charge in [-0.3, -0.25) is 9.59 Å². The van der Waals surface area contributed by atoms with Crippen molar-refractivity contribution >= 4 is 11.8 Å². The second-order valence-corrected chi connectivity index (χ2v) is 4.64. The van der Waals surface area contributed by atoms with Crippen LogP contribution in [0.1, 0.15) is 27.2 Å². The molecule has 0 radical (unpaired) electrons. The molecule has 1 saturated carbocycles. The number of carbonyl (C=O) groups is 2. The lowest BCUT2D eigenvalue weighted by molar-refractivity contribution is -0.145. The maximum Gasteiger partial charge on any atom is 0.310 e. The molecule has 78 valence electrons. The van der Waals surface area contributed by atoms with Crippen molar-refractivity contribution in [2.45, 2.75) is 33.3 Å². The molecule has 3 heteroatoms. The molecule has 2 aliphatic rings. The van der Waals surface area contributed by atoms with Gasteiger partial charge in [0.25, 0.3) is 0 Å². The Balaban J connectivity index is 2.28. The van der Waals surface area contributed by atoms with E-state index in [1.807, 2.05) is 13.8 Å². The van der Waals surface area contributed by atoms with Gasteiger partial charge in [0.1, 0.15) is 11.9 Å². The fourth-order valence-corrected chi connectivity index (χ4v) is 2.88. The number of esters is 1. The predicted octanol–water partition coefficient (Wildman–Crippen LogP) is 1.41. The first kappa shape index (κ1) is 9.69. The van der Waals surface area contributed by atoms with Crippen LogP contribution in [0.4, 0.5) is 0 Å². The lowest BCUT2D eigenvalue weighted by Gasteiger charge is -2.34. The zero-order valence-corrected chi connectivity index (χ0v) is 8.82. The van der Waals surface area contributed by atoms with Crippen LogP contribution in [0.2, 0.25) is 0 Å². The molecule has 1 aliphatic carbocycles. The van der Waals surface area contributed by atoms with Gasteiger partial charge in [-0.05, 0) is 12.8 Å². The molecule has 0 bridgehead atoms. The molecule has 0 spiro atoms. The van der Waals surface area contributed by atoms with Crippen LogP contribution in [-0.4, -0.2) is 17.9 Å². The van der Waals surface area contributed by atoms with E-state index < -0.39 is 0 Å². The van der Waals surface area contributed by atoms with E-state index >= 15 is 0 Å². The Bertz CT molecular complexity index is 282. The molecule has 1 saturated heterocycles. The summed E-state index contributed by atoms with van der Waals surface area (Å²) in [5.74, 6) is 0.467. The first-order chi connectivity index (χ1) is 6.52. The normalized spacial score (nSPS) is 47.5. The minimum atomic E-state index is -0.172. The highest BCUT2D eigenvalue weighted by atomic mass is 16.6. The van der Waals surface area contributed by atoms with E-state index in [4.69, 9.17) is 4.74 Å². The van der Waals surface area contributed by atoms with Gasteiger partial charge in [-0.25, -0.2) is 0 Å². The van der Waals surface area contributed by atoms with Crippen LogP contribution in [0, 0.1) is 23.7 Å². The zero-order valence-electron chi connectivity index (χ0n) is 8.82. The van der Waals surface area contributed by atoms with Gasteiger partial charge in [0.15, 0.2) is 0 Å². The van der Waals surface area contributed by atoms with Crippen molar-refractivity contribution < 1.29 is 14.3 Å². The van der Waals surface area contributed by atoms with Crippen LogP contribution in [0.5, 0.6) is 0 Å². The molecule has 2 rings (SSSR count). The number of fused-ring (bicyclic) bond motifs is 1. The third-order valence-electron chi connectivity index (χ3n) is 3.94. The van der Waals surface area contributed by atoms with Crippen molar-refractivity contribution in [1.29, 1.82) is 0 Å². The summed E-state index contributed by atoms with van der Waals surface area (Å²) in [5, 5.41) is 0. The lowest BCUT2D eigenvalue weighted by atomic mass is 9.67. The summed E-state index contributed by atoms with van der Waals surface area (Å²) >= 11 is 0. The highest BCUT2D eigenvalue weighted by Gasteiger charge is 2.51. The van der Waals surface area contributed by atoms with E-state index in [0.29, 0.717) is 6.42 Å². The molecule has 0 amide bonds. The summed E-state index contributed by atoms with van der Waals surface area (Å²) in [4.78, 5) is 23.0. The van der Waals surface area contributed by atoms with Crippen LogP contribution in [-0.2, 0) is 14.3 Å². The summed E-state index contributed by atoms with van der Waals surface area (Å²) in [6.07, 6.45) is 0.373. The first-order valence-corrected chi connectivity index (χ1v) is 5.25. The molecule has 5 unspecified atom stereocenters. The highest BCUT2D eigenvalue weighted by Crippen LogP contribution is 2.43. The summed E-state index contributed by atoms with van der Waals surface area (Å²) in [5.41, 5.74) is 0. The average Bonchev–Trinajstić information content (AvgIpc) is 2.38. The second kappa shape index (κ2) is 3.07. The van der Waals surface area contributed by atoms with E-state index in [0.717, 1.165) is 0 Å². The quantitative estimate of drug-likeness (QED) is 0.550. The maximum absolute atomic E-state index is 11.6. The molecule has 0 aromatic carbocycles. The van der Waals surface area contributed by atoms with E-state index in [2.05, 4.69) is 6.92 Å². The minimum Gasteiger partial charge on any atom is -0.462 e. The van der Waals surface area contributed by atoms with Crippen LogP contribution in [0.15, 0.2) is 0 Å². The summed E-state index contributed by atoms with van der Waals surface area (Å²) in [6.45, 7) is 5.94. The van der Waals surface area contributed by atoms with Crippen molar-refractivity contribution in [3.05, 3.63) is 0 Å². The summed E-state index contributed by atoms with van der Waals surface area (Å²) < 4.78 is 5.18. The molecule has 3 nitrogen and oxygen atoms in total. The topological polar surface area (TPSA) is 43.4 Å². The van der Waals surface area contributed by atoms with Crippen LogP contribution >= 0.6 is 0 Å². The molecular formula is C11H16O3. The molecule has 0 aromatic heterocycles. The average molecular weight is 196 g/mol. The number of ether oxygens (including phenoxy) is 1. The van der Waals surface area contributed by atoms with Gasteiger partial charge in [0, 0.05) is 18.3 Å². The standard InChI is InChI=1S/C11H16O3/c1-5-6(2)10-7(3)14-11(13)8(10)4-9(5)12/h5-8,10H,4H2,1-3H3. The number of carbonyl (C=O) groups excluding carboxylic acids is 2. The highest BCUT2D eigenvalue weighted by molar-refractivity contribution is 5.88. The monoisotopic (exact) mass is 196 g/mol. The Labute approximate surface area is 83.8 Å². The molecule has 1 aliphatic heterocycles. The van der Waals surface area contributed by atoms with Crippen molar-refractivity contribution in [1.82, 2.24) is 0 Å². The van der Waals surface area contributed by atoms with Crippen LogP contribution in [0.3, 0.4) is 0 Å². The molecule has 14 heavy (non-hydrogen) atoms. The van der Waals surface area contributed by atoms with Gasteiger partial charge in [-0.15, -0.1) is 0 Å². The van der Waals surface area contributed by atoms with Gasteiger partial charge in [-0.2, -0.15) is 0 Å². The predicted molar refractivity (Wildman–Crippen MR) is 50.5 cm³/mol. The SMILES string of the molecule is CC1OC(=O)C2CC(=O)C(C)C(C)C12. The Morgan fingerprint density at radius 2 is 1.86 bits per heavy atom. The van der Waals surface area contributed by atoms with Crippen LogP contribution < -0.4 is 0 Å². The molecule has 1 heterocycles. The smallest absolute Gasteiger partial charge is 0.310 e. The van der Waals surface area contributed by atoms with E-state index in [1.54, 1.807) is 0 Å². The number of ketones is 1. The summed E-state index contributed by atoms with van der Waals surface area (Å²) in [7, 11) is 0. The number of rotatable bonds is 0. The Morgan fingerprint density at radius 1 is 1.21 bits per heavy atom. The third-order valence-corrected chi connectivity index (χ3v) is 3.94. The number of cyclic esters (lactones) is 1. The van der Waals surface area contributed by atoms with Crippen molar-refractivity contribution in [2.24, 2.45) is 23.7 Å². The molecule has 0 aromatic rings. The lowest BCUT2D eigenvalue weighted by Crippen LogP contribution is -2.40. The van der Waals surface area contributed by atoms with Gasteiger partial charge in [-0.1, -0.05) is 13.8 Å². The molecule has 5 atom stereocenters. The number of hydrogen-bond donors (Lipinski definition) is 0. The fourth-order valence-electron chi connectivity index (χ4n) is 2.88. The van der Waals surface area contributed by atoms with E-state index in [-0.39, 0.29) is 41.5 Å². The van der Waals surface area contributed by atoms with Gasteiger partial charge in [0.05, 0.1) is 5.92 Å². The largest absolute Gasteiger partial charge is 0.462 e. The third kappa shape index (κ3) is 1.18. The Kier molecular flexibility index (Phi) is 2.13. The van der Waals surface area contributed by atoms with Gasteiger partial charge in [0.2, 0.25) is 0 Å². The summed E-state index contributed by atoms with van der Waals surface area (Å²) in [6, 6.07) is 0. The maximum atomic E-state index is 11.6. The van der Waals surface area contributed by atoms with E-state index in [9.17, 15) is 9.59 Å². The number of hydrogen-bond acceptors (Lipinski definition) is 3. The Hall–Kier alpha value is -0.860. The van der Waals surface area contributed by atoms with Crippen molar-refractivity contribution in [3.8, 4) is 0 Å².